The van der Waals surface area contributed by atoms with Crippen molar-refractivity contribution >= 4 is 5.91 Å². The van der Waals surface area contributed by atoms with Gasteiger partial charge in [-0.2, -0.15) is 0 Å². The van der Waals surface area contributed by atoms with Crippen LogP contribution in [0.15, 0.2) is 24.3 Å². The maximum atomic E-state index is 11.8. The Labute approximate surface area is 151 Å². The average molecular weight is 358 g/mol. The molecule has 1 aromatic carbocycles. The molecule has 1 amide bonds. The SMILES string of the molecule is COc1ccc(Cc2nnc3n2CC2(CCN(C(=O)CO)C2)OC3)cc1. The molecule has 3 heterocycles. The zero-order valence-electron chi connectivity index (χ0n) is 14.7. The van der Waals surface area contributed by atoms with E-state index in [0.717, 1.165) is 29.4 Å². The second kappa shape index (κ2) is 6.69. The van der Waals surface area contributed by atoms with Gasteiger partial charge in [0.25, 0.3) is 0 Å². The predicted molar refractivity (Wildman–Crippen MR) is 91.6 cm³/mol. The minimum absolute atomic E-state index is 0.251. The summed E-state index contributed by atoms with van der Waals surface area (Å²) in [4.78, 5) is 13.4. The number of hydrogen-bond acceptors (Lipinski definition) is 6. The number of aromatic nitrogens is 3. The first-order valence-corrected chi connectivity index (χ1v) is 8.69. The molecule has 1 saturated heterocycles. The van der Waals surface area contributed by atoms with Crippen LogP contribution in [-0.2, 0) is 29.1 Å². The van der Waals surface area contributed by atoms with Crippen LogP contribution in [-0.4, -0.2) is 63.1 Å². The summed E-state index contributed by atoms with van der Waals surface area (Å²) in [7, 11) is 1.65. The molecule has 2 aliphatic heterocycles. The largest absolute Gasteiger partial charge is 0.497 e. The molecule has 2 aromatic rings. The summed E-state index contributed by atoms with van der Waals surface area (Å²) in [5.41, 5.74) is 0.708. The standard InChI is InChI=1S/C18H22N4O4/c1-25-14-4-2-13(3-5-14)8-15-19-20-16-10-26-18(12-22(15)16)6-7-21(11-18)17(24)9-23/h2-5,23H,6-12H2,1H3. The van der Waals surface area contributed by atoms with E-state index in [1.807, 2.05) is 24.3 Å². The third-order valence-electron chi connectivity index (χ3n) is 5.18. The summed E-state index contributed by atoms with van der Waals surface area (Å²) in [5, 5.41) is 17.7. The van der Waals surface area contributed by atoms with E-state index in [0.29, 0.717) is 32.7 Å². The lowest BCUT2D eigenvalue weighted by molar-refractivity contribution is -0.136. The zero-order chi connectivity index (χ0) is 18.1. The minimum atomic E-state index is -0.462. The van der Waals surface area contributed by atoms with Crippen molar-refractivity contribution in [2.24, 2.45) is 0 Å². The summed E-state index contributed by atoms with van der Waals surface area (Å²) >= 11 is 0. The van der Waals surface area contributed by atoms with Crippen LogP contribution in [0.5, 0.6) is 5.75 Å². The number of aliphatic hydroxyl groups excluding tert-OH is 1. The normalized spacial score (nSPS) is 21.8. The molecule has 138 valence electrons. The van der Waals surface area contributed by atoms with Crippen LogP contribution >= 0.6 is 0 Å². The number of likely N-dealkylation sites (tertiary alicyclic amines) is 1. The van der Waals surface area contributed by atoms with Gasteiger partial charge in [-0.05, 0) is 24.1 Å². The van der Waals surface area contributed by atoms with Gasteiger partial charge in [-0.3, -0.25) is 4.79 Å². The van der Waals surface area contributed by atoms with E-state index in [9.17, 15) is 4.79 Å². The van der Waals surface area contributed by atoms with E-state index in [1.54, 1.807) is 12.0 Å². The van der Waals surface area contributed by atoms with Crippen molar-refractivity contribution in [3.8, 4) is 5.75 Å². The van der Waals surface area contributed by atoms with E-state index >= 15 is 0 Å². The molecule has 2 aliphatic rings. The lowest BCUT2D eigenvalue weighted by Crippen LogP contribution is -2.45. The highest BCUT2D eigenvalue weighted by molar-refractivity contribution is 5.77. The summed E-state index contributed by atoms with van der Waals surface area (Å²) in [6.07, 6.45) is 1.42. The van der Waals surface area contributed by atoms with Gasteiger partial charge in [0, 0.05) is 13.0 Å². The number of hydrogen-bond donors (Lipinski definition) is 1. The number of aliphatic hydroxyl groups is 1. The summed E-state index contributed by atoms with van der Waals surface area (Å²) in [6, 6.07) is 7.91. The number of rotatable bonds is 4. The Morgan fingerprint density at radius 1 is 1.31 bits per heavy atom. The number of fused-ring (bicyclic) bond motifs is 1. The lowest BCUT2D eigenvalue weighted by atomic mass is 10.0. The van der Waals surface area contributed by atoms with Crippen LogP contribution in [0, 0.1) is 0 Å². The zero-order valence-corrected chi connectivity index (χ0v) is 14.7. The average Bonchev–Trinajstić information content (AvgIpc) is 3.27. The number of ether oxygens (including phenoxy) is 2. The summed E-state index contributed by atoms with van der Waals surface area (Å²) in [5.74, 6) is 2.27. The Balaban J connectivity index is 1.52. The minimum Gasteiger partial charge on any atom is -0.497 e. The quantitative estimate of drug-likeness (QED) is 0.849. The van der Waals surface area contributed by atoms with Crippen molar-refractivity contribution in [2.45, 2.75) is 31.6 Å². The molecular formula is C18H22N4O4. The lowest BCUT2D eigenvalue weighted by Gasteiger charge is -2.34. The van der Waals surface area contributed by atoms with Gasteiger partial charge in [0.1, 0.15) is 30.4 Å². The highest BCUT2D eigenvalue weighted by Gasteiger charge is 2.44. The molecule has 0 aliphatic carbocycles. The Bertz CT molecular complexity index is 804. The van der Waals surface area contributed by atoms with Gasteiger partial charge in [0.15, 0.2) is 5.82 Å². The molecule has 0 bridgehead atoms. The van der Waals surface area contributed by atoms with Crippen molar-refractivity contribution < 1.29 is 19.4 Å². The van der Waals surface area contributed by atoms with Gasteiger partial charge in [-0.25, -0.2) is 0 Å². The van der Waals surface area contributed by atoms with E-state index in [2.05, 4.69) is 14.8 Å². The molecule has 8 nitrogen and oxygen atoms in total. The van der Waals surface area contributed by atoms with Gasteiger partial charge in [-0.15, -0.1) is 10.2 Å². The number of methoxy groups -OCH3 is 1. The van der Waals surface area contributed by atoms with Crippen LogP contribution in [0.2, 0.25) is 0 Å². The summed E-state index contributed by atoms with van der Waals surface area (Å²) < 4.78 is 13.4. The molecule has 0 saturated carbocycles. The number of carbonyl (C=O) groups excluding carboxylic acids is 1. The Hall–Kier alpha value is -2.45. The molecule has 1 spiro atoms. The van der Waals surface area contributed by atoms with Gasteiger partial charge in [0.2, 0.25) is 5.91 Å². The highest BCUT2D eigenvalue weighted by atomic mass is 16.5. The van der Waals surface area contributed by atoms with Crippen LogP contribution in [0.4, 0.5) is 0 Å². The first-order chi connectivity index (χ1) is 12.6. The Morgan fingerprint density at radius 2 is 2.12 bits per heavy atom. The third kappa shape index (κ3) is 3.06. The molecule has 1 N–H and O–H groups in total. The molecule has 4 rings (SSSR count). The molecule has 0 radical (unpaired) electrons. The fourth-order valence-corrected chi connectivity index (χ4v) is 3.67. The predicted octanol–water partition coefficient (Wildman–Crippen LogP) is 0.371. The molecule has 1 aromatic heterocycles. The second-order valence-corrected chi connectivity index (χ2v) is 6.84. The van der Waals surface area contributed by atoms with E-state index < -0.39 is 12.2 Å². The second-order valence-electron chi connectivity index (χ2n) is 6.84. The molecule has 26 heavy (non-hydrogen) atoms. The van der Waals surface area contributed by atoms with Crippen LogP contribution in [0.3, 0.4) is 0 Å². The molecule has 1 atom stereocenters. The van der Waals surface area contributed by atoms with E-state index in [1.165, 1.54) is 0 Å². The number of amides is 1. The molecule has 1 fully saturated rings. The van der Waals surface area contributed by atoms with Crippen molar-refractivity contribution in [3.05, 3.63) is 41.5 Å². The van der Waals surface area contributed by atoms with Gasteiger partial charge < -0.3 is 24.0 Å². The van der Waals surface area contributed by atoms with Crippen LogP contribution in [0.25, 0.3) is 0 Å². The topological polar surface area (TPSA) is 89.7 Å². The van der Waals surface area contributed by atoms with Crippen molar-refractivity contribution in [1.82, 2.24) is 19.7 Å². The van der Waals surface area contributed by atoms with Crippen molar-refractivity contribution in [2.75, 3.05) is 26.8 Å². The molecule has 1 unspecified atom stereocenters. The van der Waals surface area contributed by atoms with Crippen molar-refractivity contribution in [3.63, 3.8) is 0 Å². The number of carbonyl (C=O) groups is 1. The maximum Gasteiger partial charge on any atom is 0.248 e. The first kappa shape index (κ1) is 17.0. The smallest absolute Gasteiger partial charge is 0.248 e. The molecular weight excluding hydrogens is 336 g/mol. The maximum absolute atomic E-state index is 11.8. The number of benzene rings is 1. The fourth-order valence-electron chi connectivity index (χ4n) is 3.67. The Morgan fingerprint density at radius 3 is 2.85 bits per heavy atom. The highest BCUT2D eigenvalue weighted by Crippen LogP contribution is 2.33. The fraction of sp³-hybridized carbons (Fsp3) is 0.500. The van der Waals surface area contributed by atoms with Crippen LogP contribution in [0.1, 0.15) is 23.6 Å². The van der Waals surface area contributed by atoms with Gasteiger partial charge in [0.05, 0.1) is 20.2 Å². The molecule has 8 heteroatoms. The third-order valence-corrected chi connectivity index (χ3v) is 5.18. The van der Waals surface area contributed by atoms with Gasteiger partial charge in [-0.1, -0.05) is 12.1 Å². The van der Waals surface area contributed by atoms with E-state index in [4.69, 9.17) is 14.6 Å². The monoisotopic (exact) mass is 358 g/mol. The van der Waals surface area contributed by atoms with Crippen LogP contribution < -0.4 is 4.74 Å². The van der Waals surface area contributed by atoms with Gasteiger partial charge >= 0.3 is 0 Å². The summed E-state index contributed by atoms with van der Waals surface area (Å²) in [6.45, 7) is 1.64. The number of nitrogens with zero attached hydrogens (tertiary/aromatic N) is 4. The van der Waals surface area contributed by atoms with Crippen molar-refractivity contribution in [1.29, 1.82) is 0 Å². The van der Waals surface area contributed by atoms with E-state index in [-0.39, 0.29) is 5.91 Å². The first-order valence-electron chi connectivity index (χ1n) is 8.69. The Kier molecular flexibility index (Phi) is 4.37.